The first-order valence-corrected chi connectivity index (χ1v) is 8.74. The summed E-state index contributed by atoms with van der Waals surface area (Å²) >= 11 is 0. The van der Waals surface area contributed by atoms with Crippen LogP contribution >= 0.6 is 0 Å². The van der Waals surface area contributed by atoms with E-state index in [-0.39, 0.29) is 11.1 Å². The van der Waals surface area contributed by atoms with Crippen LogP contribution in [0.5, 0.6) is 0 Å². The maximum atomic E-state index is 12.1. The predicted octanol–water partition coefficient (Wildman–Crippen LogP) is 1.28. The van der Waals surface area contributed by atoms with E-state index in [1.165, 1.54) is 7.11 Å². The first-order chi connectivity index (χ1) is 13.2. The third-order valence-electron chi connectivity index (χ3n) is 4.68. The molecule has 0 atom stereocenters. The second-order valence-electron chi connectivity index (χ2n) is 6.44. The van der Waals surface area contributed by atoms with Gasteiger partial charge in [-0.1, -0.05) is 12.1 Å². The number of morpholine rings is 1. The van der Waals surface area contributed by atoms with Gasteiger partial charge in [0.1, 0.15) is 11.3 Å². The number of ether oxygens (including phenoxy) is 2. The summed E-state index contributed by atoms with van der Waals surface area (Å²) in [5.74, 6) is -0.537. The topological polar surface area (TPSA) is 89.5 Å². The molecule has 0 radical (unpaired) electrons. The number of methoxy groups -OCH3 is 1. The number of rotatable bonds is 4. The highest BCUT2D eigenvalue weighted by molar-refractivity contribution is 5.96. The number of benzene rings is 1. The molecule has 0 bridgehead atoms. The average molecular weight is 368 g/mol. The third kappa shape index (κ3) is 3.49. The Bertz CT molecular complexity index is 987. The van der Waals surface area contributed by atoms with Crippen LogP contribution in [0, 0.1) is 0 Å². The number of aromatic nitrogens is 3. The lowest BCUT2D eigenvalue weighted by Crippen LogP contribution is -2.35. The van der Waals surface area contributed by atoms with Gasteiger partial charge in [0.15, 0.2) is 0 Å². The van der Waals surface area contributed by atoms with Crippen LogP contribution in [0.25, 0.3) is 16.9 Å². The Balaban J connectivity index is 1.72. The van der Waals surface area contributed by atoms with E-state index < -0.39 is 5.97 Å². The van der Waals surface area contributed by atoms with Gasteiger partial charge in [-0.25, -0.2) is 9.89 Å². The molecule has 0 amide bonds. The van der Waals surface area contributed by atoms with Crippen molar-refractivity contribution in [1.29, 1.82) is 0 Å². The Morgan fingerprint density at radius 2 is 2.11 bits per heavy atom. The highest BCUT2D eigenvalue weighted by Gasteiger charge is 2.22. The van der Waals surface area contributed by atoms with Crippen LogP contribution in [0.2, 0.25) is 0 Å². The molecule has 0 spiro atoms. The quantitative estimate of drug-likeness (QED) is 0.698. The van der Waals surface area contributed by atoms with Gasteiger partial charge in [0.2, 0.25) is 0 Å². The molecule has 1 aromatic carbocycles. The van der Waals surface area contributed by atoms with E-state index in [4.69, 9.17) is 9.47 Å². The van der Waals surface area contributed by atoms with E-state index in [1.54, 1.807) is 17.0 Å². The van der Waals surface area contributed by atoms with Crippen molar-refractivity contribution in [2.75, 3.05) is 33.4 Å². The number of carbonyl (C=O) groups excluding carboxylic acids is 1. The zero-order chi connectivity index (χ0) is 18.8. The van der Waals surface area contributed by atoms with Gasteiger partial charge in [0.25, 0.3) is 5.56 Å². The number of nitrogens with zero attached hydrogens (tertiary/aromatic N) is 3. The van der Waals surface area contributed by atoms with E-state index in [0.29, 0.717) is 11.3 Å². The third-order valence-corrected chi connectivity index (χ3v) is 4.68. The van der Waals surface area contributed by atoms with Crippen molar-refractivity contribution in [3.63, 3.8) is 0 Å². The lowest BCUT2D eigenvalue weighted by molar-refractivity contribution is 0.0342. The molecule has 1 fully saturated rings. The van der Waals surface area contributed by atoms with E-state index in [0.717, 1.165) is 44.1 Å². The van der Waals surface area contributed by atoms with Crippen molar-refractivity contribution in [1.82, 2.24) is 19.7 Å². The summed E-state index contributed by atoms with van der Waals surface area (Å²) in [4.78, 5) is 26.5. The Kier molecular flexibility index (Phi) is 4.74. The molecule has 3 aliphatic heterocycles. The first-order valence-electron chi connectivity index (χ1n) is 8.74. The largest absolute Gasteiger partial charge is 0.465 e. The van der Waals surface area contributed by atoms with Crippen molar-refractivity contribution < 1.29 is 14.3 Å². The van der Waals surface area contributed by atoms with Crippen molar-refractivity contribution in [3.05, 3.63) is 58.1 Å². The monoisotopic (exact) mass is 368 g/mol. The molecule has 8 heteroatoms. The summed E-state index contributed by atoms with van der Waals surface area (Å²) in [6.07, 6.45) is 3.32. The van der Waals surface area contributed by atoms with Gasteiger partial charge in [-0.05, 0) is 17.7 Å². The van der Waals surface area contributed by atoms with Crippen LogP contribution in [0.15, 0.2) is 41.5 Å². The number of hydrogen-bond acceptors (Lipinski definition) is 6. The number of hydrogen-bond donors (Lipinski definition) is 1. The lowest BCUT2D eigenvalue weighted by Gasteiger charge is -2.26. The van der Waals surface area contributed by atoms with Crippen LogP contribution in [0.1, 0.15) is 15.9 Å². The van der Waals surface area contributed by atoms with Gasteiger partial charge in [0.05, 0.1) is 25.9 Å². The van der Waals surface area contributed by atoms with E-state index in [9.17, 15) is 9.59 Å². The molecule has 27 heavy (non-hydrogen) atoms. The number of fused-ring (bicyclic) bond motifs is 1. The van der Waals surface area contributed by atoms with Crippen LogP contribution in [0.4, 0.5) is 0 Å². The Morgan fingerprint density at radius 1 is 1.30 bits per heavy atom. The summed E-state index contributed by atoms with van der Waals surface area (Å²) in [6, 6.07) is 8.01. The molecular formula is C19H20N4O4. The minimum atomic E-state index is -0.537. The van der Waals surface area contributed by atoms with Gasteiger partial charge < -0.3 is 14.0 Å². The number of aromatic amines is 1. The Labute approximate surface area is 155 Å². The number of H-pyrrole nitrogens is 1. The predicted molar refractivity (Wildman–Crippen MR) is 98.2 cm³/mol. The molecule has 0 saturated carbocycles. The summed E-state index contributed by atoms with van der Waals surface area (Å²) < 4.78 is 12.0. The summed E-state index contributed by atoms with van der Waals surface area (Å²) in [7, 11) is 1.30. The van der Waals surface area contributed by atoms with Crippen molar-refractivity contribution in [3.8, 4) is 16.9 Å². The minimum absolute atomic E-state index is 0.243. The maximum Gasteiger partial charge on any atom is 0.341 e. The molecule has 0 unspecified atom stereocenters. The van der Waals surface area contributed by atoms with Gasteiger partial charge >= 0.3 is 5.97 Å². The molecule has 0 aromatic heterocycles. The van der Waals surface area contributed by atoms with E-state index in [1.807, 2.05) is 18.2 Å². The van der Waals surface area contributed by atoms with Crippen molar-refractivity contribution in [2.24, 2.45) is 0 Å². The molecule has 1 saturated heterocycles. The fourth-order valence-electron chi connectivity index (χ4n) is 3.28. The highest BCUT2D eigenvalue weighted by Crippen LogP contribution is 2.23. The number of carbonyl (C=O) groups is 1. The zero-order valence-electron chi connectivity index (χ0n) is 15.0. The second kappa shape index (κ2) is 7.34. The number of pyridine rings is 1. The SMILES string of the molecule is COC(=O)c1cn(-c2cccc(CN3CCOCC3)c2)cc2c(=O)[nH]nc1-2. The smallest absolute Gasteiger partial charge is 0.341 e. The molecule has 0 aliphatic carbocycles. The highest BCUT2D eigenvalue weighted by atomic mass is 16.5. The first kappa shape index (κ1) is 17.4. The fraction of sp³-hybridized carbons (Fsp3) is 0.316. The zero-order valence-corrected chi connectivity index (χ0v) is 15.0. The molecule has 4 rings (SSSR count). The number of esters is 1. The second-order valence-corrected chi connectivity index (χ2v) is 6.44. The van der Waals surface area contributed by atoms with Crippen LogP contribution in [-0.4, -0.2) is 59.0 Å². The Morgan fingerprint density at radius 3 is 2.89 bits per heavy atom. The van der Waals surface area contributed by atoms with Gasteiger partial charge in [-0.2, -0.15) is 5.10 Å². The van der Waals surface area contributed by atoms with Crippen molar-refractivity contribution >= 4 is 5.97 Å². The number of nitrogens with one attached hydrogen (secondary N) is 1. The van der Waals surface area contributed by atoms with Crippen LogP contribution in [0.3, 0.4) is 0 Å². The van der Waals surface area contributed by atoms with Gasteiger partial charge in [-0.15, -0.1) is 0 Å². The average Bonchev–Trinajstić information content (AvgIpc) is 3.08. The van der Waals surface area contributed by atoms with Crippen LogP contribution in [-0.2, 0) is 16.0 Å². The van der Waals surface area contributed by atoms with Gasteiger partial charge in [0, 0.05) is 37.7 Å². The van der Waals surface area contributed by atoms with Gasteiger partial charge in [-0.3, -0.25) is 9.69 Å². The molecular weight excluding hydrogens is 348 g/mol. The molecule has 1 aromatic rings. The molecule has 140 valence electrons. The fourth-order valence-corrected chi connectivity index (χ4v) is 3.28. The summed E-state index contributed by atoms with van der Waals surface area (Å²) in [5.41, 5.74) is 2.56. The van der Waals surface area contributed by atoms with E-state index in [2.05, 4.69) is 21.2 Å². The summed E-state index contributed by atoms with van der Waals surface area (Å²) in [6.45, 7) is 4.14. The molecule has 3 heterocycles. The van der Waals surface area contributed by atoms with Crippen LogP contribution < -0.4 is 5.56 Å². The standard InChI is InChI=1S/C19H20N4O4/c1-26-19(25)16-12-23(11-15-17(16)20-21-18(15)24)14-4-2-3-13(9-14)10-22-5-7-27-8-6-22/h2-4,9,11-12H,5-8,10H2,1H3,(H,21,24). The Hall–Kier alpha value is -2.97. The summed E-state index contributed by atoms with van der Waals surface area (Å²) in [5, 5.41) is 6.34. The minimum Gasteiger partial charge on any atom is -0.465 e. The normalized spacial score (nSPS) is 15.1. The lowest BCUT2D eigenvalue weighted by atomic mass is 10.1. The molecule has 8 nitrogen and oxygen atoms in total. The van der Waals surface area contributed by atoms with Crippen molar-refractivity contribution in [2.45, 2.75) is 6.54 Å². The molecule has 3 aliphatic rings. The van der Waals surface area contributed by atoms with E-state index >= 15 is 0 Å². The maximum absolute atomic E-state index is 12.1. The molecule has 1 N–H and O–H groups in total.